The zero-order valence-electron chi connectivity index (χ0n) is 9.36. The highest BCUT2D eigenvalue weighted by Crippen LogP contribution is 2.26. The second-order valence-electron chi connectivity index (χ2n) is 3.94. The van der Waals surface area contributed by atoms with Crippen LogP contribution in [0.5, 0.6) is 0 Å². The van der Waals surface area contributed by atoms with Crippen molar-refractivity contribution in [2.75, 3.05) is 11.9 Å². The smallest absolute Gasteiger partial charge is 0.0781 e. The molecule has 2 heteroatoms. The van der Waals surface area contributed by atoms with Gasteiger partial charge in [-0.15, -0.1) is 0 Å². The molecule has 0 aliphatic carbocycles. The summed E-state index contributed by atoms with van der Waals surface area (Å²) in [6, 6.07) is 8.41. The van der Waals surface area contributed by atoms with Crippen LogP contribution in [0, 0.1) is 0 Å². The molecule has 1 aromatic rings. The zero-order chi connectivity index (χ0) is 10.7. The van der Waals surface area contributed by atoms with Gasteiger partial charge in [-0.1, -0.05) is 18.2 Å². The lowest BCUT2D eigenvalue weighted by Crippen LogP contribution is -2.26. The number of para-hydroxylation sites is 1. The fourth-order valence-electron chi connectivity index (χ4n) is 1.44. The molecule has 0 aliphatic rings. The molecule has 0 aromatic heterocycles. The molecule has 1 N–H and O–H groups in total. The molecule has 0 heterocycles. The van der Waals surface area contributed by atoms with Crippen LogP contribution in [0.2, 0.25) is 0 Å². The van der Waals surface area contributed by atoms with Gasteiger partial charge in [0.25, 0.3) is 0 Å². The van der Waals surface area contributed by atoms with E-state index in [-0.39, 0.29) is 0 Å². The molecule has 0 unspecified atom stereocenters. The van der Waals surface area contributed by atoms with Gasteiger partial charge < -0.3 is 10.0 Å². The van der Waals surface area contributed by atoms with Gasteiger partial charge >= 0.3 is 0 Å². The van der Waals surface area contributed by atoms with Crippen LogP contribution in [0.1, 0.15) is 32.4 Å². The predicted octanol–water partition coefficient (Wildman–Crippen LogP) is 2.58. The average molecular weight is 193 g/mol. The van der Waals surface area contributed by atoms with Crippen molar-refractivity contribution in [3.8, 4) is 0 Å². The maximum Gasteiger partial charge on any atom is 0.0781 e. The SMILES string of the molecule is CC(C)N(C)c1ccccc1[C@@H](C)O. The number of hydrogen-bond acceptors (Lipinski definition) is 2. The van der Waals surface area contributed by atoms with Crippen molar-refractivity contribution in [1.82, 2.24) is 0 Å². The number of anilines is 1. The van der Waals surface area contributed by atoms with Crippen LogP contribution >= 0.6 is 0 Å². The van der Waals surface area contributed by atoms with Gasteiger partial charge in [-0.2, -0.15) is 0 Å². The van der Waals surface area contributed by atoms with Crippen molar-refractivity contribution in [3.63, 3.8) is 0 Å². The van der Waals surface area contributed by atoms with Crippen LogP contribution in [-0.2, 0) is 0 Å². The van der Waals surface area contributed by atoms with Crippen molar-refractivity contribution in [2.24, 2.45) is 0 Å². The first kappa shape index (κ1) is 11.1. The molecule has 0 radical (unpaired) electrons. The molecule has 0 fully saturated rings. The van der Waals surface area contributed by atoms with E-state index in [1.54, 1.807) is 6.92 Å². The summed E-state index contributed by atoms with van der Waals surface area (Å²) in [4.78, 5) is 2.17. The Bertz CT molecular complexity index is 294. The highest BCUT2D eigenvalue weighted by Gasteiger charge is 2.12. The van der Waals surface area contributed by atoms with Crippen LogP contribution in [0.4, 0.5) is 5.69 Å². The summed E-state index contributed by atoms with van der Waals surface area (Å²) in [6.45, 7) is 6.07. The first-order valence-corrected chi connectivity index (χ1v) is 5.04. The Morgan fingerprint density at radius 2 is 1.71 bits per heavy atom. The van der Waals surface area contributed by atoms with Crippen LogP contribution in [0.25, 0.3) is 0 Å². The Morgan fingerprint density at radius 3 is 2.21 bits per heavy atom. The fraction of sp³-hybridized carbons (Fsp3) is 0.500. The summed E-state index contributed by atoms with van der Waals surface area (Å²) in [5, 5.41) is 9.61. The Hall–Kier alpha value is -1.02. The molecule has 14 heavy (non-hydrogen) atoms. The third-order valence-corrected chi connectivity index (χ3v) is 2.54. The molecule has 78 valence electrons. The minimum atomic E-state index is -0.410. The van der Waals surface area contributed by atoms with Gasteiger partial charge in [0.2, 0.25) is 0 Å². The third-order valence-electron chi connectivity index (χ3n) is 2.54. The molecule has 0 saturated heterocycles. The first-order chi connectivity index (χ1) is 6.54. The van der Waals surface area contributed by atoms with Gasteiger partial charge in [0, 0.05) is 24.3 Å². The van der Waals surface area contributed by atoms with Crippen molar-refractivity contribution >= 4 is 5.69 Å². The van der Waals surface area contributed by atoms with Gasteiger partial charge in [-0.05, 0) is 26.8 Å². The molecule has 2 nitrogen and oxygen atoms in total. The highest BCUT2D eigenvalue weighted by atomic mass is 16.3. The normalized spacial score (nSPS) is 13.0. The summed E-state index contributed by atoms with van der Waals surface area (Å²) in [6.07, 6.45) is -0.410. The second kappa shape index (κ2) is 4.47. The number of hydrogen-bond donors (Lipinski definition) is 1. The lowest BCUT2D eigenvalue weighted by atomic mass is 10.1. The minimum absolute atomic E-state index is 0.410. The Balaban J connectivity index is 3.06. The number of nitrogens with zero attached hydrogens (tertiary/aromatic N) is 1. The Labute approximate surface area is 86.2 Å². The predicted molar refractivity (Wildman–Crippen MR) is 60.6 cm³/mol. The number of aliphatic hydroxyl groups excluding tert-OH is 1. The van der Waals surface area contributed by atoms with Gasteiger partial charge in [0.05, 0.1) is 6.10 Å². The van der Waals surface area contributed by atoms with E-state index in [9.17, 15) is 5.11 Å². The topological polar surface area (TPSA) is 23.5 Å². The Kier molecular flexibility index (Phi) is 3.53. The van der Waals surface area contributed by atoms with Gasteiger partial charge in [-0.25, -0.2) is 0 Å². The minimum Gasteiger partial charge on any atom is -0.389 e. The van der Waals surface area contributed by atoms with Crippen LogP contribution in [0.3, 0.4) is 0 Å². The quantitative estimate of drug-likeness (QED) is 0.797. The summed E-state index contributed by atoms with van der Waals surface area (Å²) in [5.74, 6) is 0. The summed E-state index contributed by atoms with van der Waals surface area (Å²) >= 11 is 0. The van der Waals surface area contributed by atoms with Crippen molar-refractivity contribution in [3.05, 3.63) is 29.8 Å². The first-order valence-electron chi connectivity index (χ1n) is 5.04. The monoisotopic (exact) mass is 193 g/mol. The van der Waals surface area contributed by atoms with E-state index in [0.717, 1.165) is 11.3 Å². The highest BCUT2D eigenvalue weighted by molar-refractivity contribution is 5.54. The molecule has 1 aromatic carbocycles. The number of benzene rings is 1. The zero-order valence-corrected chi connectivity index (χ0v) is 9.36. The molecule has 0 saturated carbocycles. The lowest BCUT2D eigenvalue weighted by Gasteiger charge is -2.27. The summed E-state index contributed by atoms with van der Waals surface area (Å²) in [7, 11) is 2.05. The molecule has 0 bridgehead atoms. The molecule has 0 aliphatic heterocycles. The number of rotatable bonds is 3. The van der Waals surface area contributed by atoms with Crippen molar-refractivity contribution in [2.45, 2.75) is 32.9 Å². The van der Waals surface area contributed by atoms with Crippen LogP contribution in [-0.4, -0.2) is 18.2 Å². The molecule has 1 rings (SSSR count). The third kappa shape index (κ3) is 2.26. The van der Waals surface area contributed by atoms with E-state index in [2.05, 4.69) is 18.7 Å². The molecule has 0 spiro atoms. The van der Waals surface area contributed by atoms with E-state index in [1.807, 2.05) is 31.3 Å². The molecule has 1 atom stereocenters. The number of aliphatic hydroxyl groups is 1. The van der Waals surface area contributed by atoms with Gasteiger partial charge in [0.1, 0.15) is 0 Å². The maximum absolute atomic E-state index is 9.61. The van der Waals surface area contributed by atoms with Gasteiger partial charge in [-0.3, -0.25) is 0 Å². The maximum atomic E-state index is 9.61. The van der Waals surface area contributed by atoms with Gasteiger partial charge in [0.15, 0.2) is 0 Å². The van der Waals surface area contributed by atoms with Crippen LogP contribution in [0.15, 0.2) is 24.3 Å². The van der Waals surface area contributed by atoms with Crippen LogP contribution < -0.4 is 4.90 Å². The van der Waals surface area contributed by atoms with Crippen molar-refractivity contribution < 1.29 is 5.11 Å². The van der Waals surface area contributed by atoms with E-state index < -0.39 is 6.10 Å². The molecular formula is C12H19NO. The van der Waals surface area contributed by atoms with Crippen molar-refractivity contribution in [1.29, 1.82) is 0 Å². The van der Waals surface area contributed by atoms with E-state index in [1.165, 1.54) is 0 Å². The molecule has 0 amide bonds. The largest absolute Gasteiger partial charge is 0.389 e. The second-order valence-corrected chi connectivity index (χ2v) is 3.94. The standard InChI is InChI=1S/C12H19NO/c1-9(2)13(4)12-8-6-5-7-11(12)10(3)14/h5-10,14H,1-4H3/t10-/m1/s1. The average Bonchev–Trinajstić information content (AvgIpc) is 2.16. The van der Waals surface area contributed by atoms with E-state index >= 15 is 0 Å². The van der Waals surface area contributed by atoms with E-state index in [0.29, 0.717) is 6.04 Å². The Morgan fingerprint density at radius 1 is 1.14 bits per heavy atom. The summed E-state index contributed by atoms with van der Waals surface area (Å²) in [5.41, 5.74) is 2.10. The fourth-order valence-corrected chi connectivity index (χ4v) is 1.44. The lowest BCUT2D eigenvalue weighted by molar-refractivity contribution is 0.199. The van der Waals surface area contributed by atoms with E-state index in [4.69, 9.17) is 0 Å². The molecular weight excluding hydrogens is 174 g/mol. The summed E-state index contributed by atoms with van der Waals surface area (Å²) < 4.78 is 0.